The summed E-state index contributed by atoms with van der Waals surface area (Å²) < 4.78 is 12.1. The lowest BCUT2D eigenvalue weighted by molar-refractivity contribution is -0.134. The number of para-hydroxylation sites is 1. The van der Waals surface area contributed by atoms with Crippen molar-refractivity contribution in [3.63, 3.8) is 0 Å². The number of rotatable bonds is 6. The van der Waals surface area contributed by atoms with Gasteiger partial charge in [0.15, 0.2) is 0 Å². The molecule has 3 nitrogen and oxygen atoms in total. The van der Waals surface area contributed by atoms with Crippen molar-refractivity contribution in [2.45, 2.75) is 33.3 Å². The van der Waals surface area contributed by atoms with Gasteiger partial charge in [-0.15, -0.1) is 0 Å². The number of esters is 1. The molecule has 0 aromatic heterocycles. The Morgan fingerprint density at radius 3 is 2.55 bits per heavy atom. The molecule has 2 rings (SSSR count). The minimum absolute atomic E-state index is 0.249. The molecule has 0 saturated carbocycles. The Morgan fingerprint density at radius 1 is 1.09 bits per heavy atom. The van der Waals surface area contributed by atoms with E-state index in [1.165, 1.54) is 5.56 Å². The molecule has 22 heavy (non-hydrogen) atoms. The summed E-state index contributed by atoms with van der Waals surface area (Å²) >= 11 is 3.52. The molecule has 0 spiro atoms. The number of hydrogen-bond donors (Lipinski definition) is 0. The summed E-state index contributed by atoms with van der Waals surface area (Å²) in [6.07, 6.45) is 1.33. The molecular weight excluding hydrogens is 344 g/mol. The van der Waals surface area contributed by atoms with E-state index in [1.54, 1.807) is 13.0 Å². The van der Waals surface area contributed by atoms with Crippen molar-refractivity contribution in [1.29, 1.82) is 0 Å². The molecule has 0 saturated heterocycles. The van der Waals surface area contributed by atoms with Gasteiger partial charge in [-0.25, -0.2) is 0 Å². The van der Waals surface area contributed by atoms with Crippen molar-refractivity contribution < 1.29 is 14.3 Å². The molecule has 0 atom stereocenters. The molecule has 0 aliphatic carbocycles. The van der Waals surface area contributed by atoms with E-state index in [0.717, 1.165) is 22.2 Å². The van der Waals surface area contributed by atoms with Crippen LogP contribution in [0.1, 0.15) is 31.4 Å². The van der Waals surface area contributed by atoms with E-state index in [9.17, 15) is 4.79 Å². The van der Waals surface area contributed by atoms with E-state index >= 15 is 0 Å². The summed E-state index contributed by atoms with van der Waals surface area (Å²) in [6.45, 7) is 4.23. The Labute approximate surface area is 139 Å². The predicted octanol–water partition coefficient (Wildman–Crippen LogP) is 4.91. The van der Waals surface area contributed by atoms with Crippen molar-refractivity contribution in [3.8, 4) is 11.5 Å². The van der Waals surface area contributed by atoms with Gasteiger partial charge >= 0.3 is 5.97 Å². The second kappa shape index (κ2) is 7.99. The minimum Gasteiger partial charge on any atom is -0.488 e. The maximum absolute atomic E-state index is 11.5. The molecule has 0 amide bonds. The first-order chi connectivity index (χ1) is 10.6. The van der Waals surface area contributed by atoms with Crippen LogP contribution >= 0.6 is 15.9 Å². The second-order valence-corrected chi connectivity index (χ2v) is 5.70. The van der Waals surface area contributed by atoms with E-state index in [1.807, 2.05) is 30.3 Å². The maximum Gasteiger partial charge on any atom is 0.310 e. The van der Waals surface area contributed by atoms with Crippen LogP contribution < -0.4 is 9.47 Å². The average Bonchev–Trinajstić information content (AvgIpc) is 2.54. The summed E-state index contributed by atoms with van der Waals surface area (Å²) in [4.78, 5) is 11.5. The number of hydrogen-bond acceptors (Lipinski definition) is 3. The van der Waals surface area contributed by atoms with Crippen LogP contribution in [0.2, 0.25) is 0 Å². The van der Waals surface area contributed by atoms with Gasteiger partial charge in [0.2, 0.25) is 0 Å². The number of carbonyl (C=O) groups excluding carboxylic acids is 1. The second-order valence-electron chi connectivity index (χ2n) is 4.84. The van der Waals surface area contributed by atoms with Crippen LogP contribution in [0.15, 0.2) is 46.9 Å². The topological polar surface area (TPSA) is 35.5 Å². The monoisotopic (exact) mass is 362 g/mol. The van der Waals surface area contributed by atoms with Crippen LogP contribution in [0, 0.1) is 0 Å². The number of aryl methyl sites for hydroxylation is 1. The molecule has 0 fully saturated rings. The van der Waals surface area contributed by atoms with E-state index in [4.69, 9.17) is 9.47 Å². The van der Waals surface area contributed by atoms with Gasteiger partial charge in [-0.1, -0.05) is 38.1 Å². The molecule has 2 aromatic rings. The average molecular weight is 363 g/mol. The van der Waals surface area contributed by atoms with Crippen molar-refractivity contribution in [2.75, 3.05) is 0 Å². The van der Waals surface area contributed by atoms with Gasteiger partial charge in [-0.05, 0) is 46.1 Å². The van der Waals surface area contributed by atoms with E-state index in [0.29, 0.717) is 18.8 Å². The highest BCUT2D eigenvalue weighted by Gasteiger charge is 2.09. The third kappa shape index (κ3) is 4.34. The van der Waals surface area contributed by atoms with E-state index < -0.39 is 0 Å². The normalized spacial score (nSPS) is 10.3. The van der Waals surface area contributed by atoms with Crippen LogP contribution in [-0.4, -0.2) is 5.97 Å². The molecule has 0 heterocycles. The highest BCUT2D eigenvalue weighted by molar-refractivity contribution is 9.10. The first-order valence-electron chi connectivity index (χ1n) is 7.33. The highest BCUT2D eigenvalue weighted by Crippen LogP contribution is 2.28. The number of carbonyl (C=O) groups is 1. The van der Waals surface area contributed by atoms with Gasteiger partial charge < -0.3 is 9.47 Å². The van der Waals surface area contributed by atoms with E-state index in [2.05, 4.69) is 28.9 Å². The van der Waals surface area contributed by atoms with Gasteiger partial charge in [0.1, 0.15) is 18.1 Å². The summed E-state index contributed by atoms with van der Waals surface area (Å²) in [7, 11) is 0. The van der Waals surface area contributed by atoms with Crippen LogP contribution in [0.4, 0.5) is 0 Å². The Morgan fingerprint density at radius 2 is 1.86 bits per heavy atom. The first kappa shape index (κ1) is 16.6. The first-order valence-corrected chi connectivity index (χ1v) is 8.13. The largest absolute Gasteiger partial charge is 0.488 e. The smallest absolute Gasteiger partial charge is 0.310 e. The van der Waals surface area contributed by atoms with Gasteiger partial charge in [0.05, 0.1) is 4.47 Å². The zero-order chi connectivity index (χ0) is 15.9. The molecule has 0 unspecified atom stereocenters. The molecule has 116 valence electrons. The predicted molar refractivity (Wildman–Crippen MR) is 90.2 cm³/mol. The van der Waals surface area contributed by atoms with Gasteiger partial charge in [0, 0.05) is 12.0 Å². The third-order valence-corrected chi connectivity index (χ3v) is 3.89. The fourth-order valence-corrected chi connectivity index (χ4v) is 2.49. The summed E-state index contributed by atoms with van der Waals surface area (Å²) in [5, 5.41) is 0. The minimum atomic E-state index is -0.249. The molecule has 0 N–H and O–H groups in total. The molecular formula is C18H19BrO3. The lowest BCUT2D eigenvalue weighted by atomic mass is 10.2. The van der Waals surface area contributed by atoms with Gasteiger partial charge in [0.25, 0.3) is 0 Å². The zero-order valence-electron chi connectivity index (χ0n) is 12.8. The maximum atomic E-state index is 11.5. The molecule has 0 radical (unpaired) electrons. The van der Waals surface area contributed by atoms with E-state index in [-0.39, 0.29) is 5.97 Å². The lowest BCUT2D eigenvalue weighted by Crippen LogP contribution is -2.08. The van der Waals surface area contributed by atoms with Crippen LogP contribution in [0.5, 0.6) is 11.5 Å². The Bertz CT molecular complexity index is 653. The Kier molecular flexibility index (Phi) is 6.01. The summed E-state index contributed by atoms with van der Waals surface area (Å²) in [5.74, 6) is 1.07. The number of benzene rings is 2. The lowest BCUT2D eigenvalue weighted by Gasteiger charge is -2.12. The van der Waals surface area contributed by atoms with Crippen LogP contribution in [0.3, 0.4) is 0 Å². The Balaban J connectivity index is 2.10. The van der Waals surface area contributed by atoms with Crippen LogP contribution in [-0.2, 0) is 17.8 Å². The summed E-state index contributed by atoms with van der Waals surface area (Å²) in [6, 6.07) is 13.5. The third-order valence-electron chi connectivity index (χ3n) is 3.27. The van der Waals surface area contributed by atoms with Crippen molar-refractivity contribution >= 4 is 21.9 Å². The quantitative estimate of drug-likeness (QED) is 0.541. The van der Waals surface area contributed by atoms with Gasteiger partial charge in [-0.3, -0.25) is 4.79 Å². The number of halogens is 1. The highest BCUT2D eigenvalue weighted by atomic mass is 79.9. The van der Waals surface area contributed by atoms with Crippen LogP contribution in [0.25, 0.3) is 0 Å². The SMILES string of the molecule is CCC(=O)Oc1ccccc1COc1ccc(CC)cc1Br. The van der Waals surface area contributed by atoms with Crippen molar-refractivity contribution in [1.82, 2.24) is 0 Å². The zero-order valence-corrected chi connectivity index (χ0v) is 14.4. The molecule has 0 aliphatic heterocycles. The molecule has 0 bridgehead atoms. The molecule has 0 aliphatic rings. The van der Waals surface area contributed by atoms with Crippen molar-refractivity contribution in [2.24, 2.45) is 0 Å². The summed E-state index contributed by atoms with van der Waals surface area (Å²) in [5.41, 5.74) is 2.09. The fourth-order valence-electron chi connectivity index (χ4n) is 1.95. The standard InChI is InChI=1S/C18H19BrO3/c1-3-13-9-10-17(15(19)11-13)21-12-14-7-5-6-8-16(14)22-18(20)4-2/h5-11H,3-4,12H2,1-2H3. The number of ether oxygens (including phenoxy) is 2. The molecule has 2 aromatic carbocycles. The van der Waals surface area contributed by atoms with Gasteiger partial charge in [-0.2, -0.15) is 0 Å². The molecule has 4 heteroatoms. The Hall–Kier alpha value is -1.81. The van der Waals surface area contributed by atoms with Crippen molar-refractivity contribution in [3.05, 3.63) is 58.1 Å². The fraction of sp³-hybridized carbons (Fsp3) is 0.278.